The van der Waals surface area contributed by atoms with Crippen molar-refractivity contribution in [3.05, 3.63) is 68.8 Å². The summed E-state index contributed by atoms with van der Waals surface area (Å²) in [6.07, 6.45) is 0. The van der Waals surface area contributed by atoms with E-state index >= 15 is 0 Å². The second kappa shape index (κ2) is 4.97. The first-order valence-electron chi connectivity index (χ1n) is 5.25. The zero-order chi connectivity index (χ0) is 11.5. The van der Waals surface area contributed by atoms with Crippen LogP contribution in [0.3, 0.4) is 0 Å². The van der Waals surface area contributed by atoms with Gasteiger partial charge in [-0.25, -0.2) is 0 Å². The first kappa shape index (κ1) is 11.6. The van der Waals surface area contributed by atoms with E-state index in [2.05, 4.69) is 59.8 Å². The fourth-order valence-electron chi connectivity index (χ4n) is 1.75. The summed E-state index contributed by atoms with van der Waals surface area (Å²) in [5, 5.41) is 0. The van der Waals surface area contributed by atoms with Crippen molar-refractivity contribution in [2.75, 3.05) is 0 Å². The molecule has 2 N–H and O–H groups in total. The average molecular weight is 323 g/mol. The van der Waals surface area contributed by atoms with Gasteiger partial charge in [0.05, 0.1) is 6.04 Å². The Morgan fingerprint density at radius 1 is 1.00 bits per heavy atom. The summed E-state index contributed by atoms with van der Waals surface area (Å²) >= 11 is 2.37. The van der Waals surface area contributed by atoms with Crippen molar-refractivity contribution >= 4 is 22.6 Å². The predicted octanol–water partition coefficient (Wildman–Crippen LogP) is 3.65. The fourth-order valence-corrected chi connectivity index (χ4v) is 2.45. The summed E-state index contributed by atoms with van der Waals surface area (Å²) in [5.41, 5.74) is 9.92. The van der Waals surface area contributed by atoms with E-state index in [1.165, 1.54) is 14.7 Å². The third kappa shape index (κ3) is 2.28. The number of halogens is 1. The molecule has 0 spiro atoms. The molecular weight excluding hydrogens is 309 g/mol. The molecule has 0 fully saturated rings. The SMILES string of the molecule is Cc1cccc(C(N)c2ccccc2)c1I. The van der Waals surface area contributed by atoms with Gasteiger partial charge in [-0.15, -0.1) is 0 Å². The van der Waals surface area contributed by atoms with Gasteiger partial charge in [0.1, 0.15) is 0 Å². The van der Waals surface area contributed by atoms with Crippen LogP contribution in [0.2, 0.25) is 0 Å². The topological polar surface area (TPSA) is 26.0 Å². The van der Waals surface area contributed by atoms with Crippen LogP contribution in [-0.2, 0) is 0 Å². The smallest absolute Gasteiger partial charge is 0.0562 e. The van der Waals surface area contributed by atoms with Gasteiger partial charge < -0.3 is 5.73 Å². The quantitative estimate of drug-likeness (QED) is 0.839. The van der Waals surface area contributed by atoms with Crippen LogP contribution in [0.1, 0.15) is 22.7 Å². The molecule has 0 amide bonds. The average Bonchev–Trinajstić information content (AvgIpc) is 2.33. The van der Waals surface area contributed by atoms with Crippen LogP contribution < -0.4 is 5.73 Å². The van der Waals surface area contributed by atoms with Gasteiger partial charge in [-0.1, -0.05) is 48.5 Å². The number of aryl methyl sites for hydroxylation is 1. The molecule has 0 saturated heterocycles. The molecule has 2 rings (SSSR count). The maximum absolute atomic E-state index is 6.28. The van der Waals surface area contributed by atoms with Crippen LogP contribution in [0.5, 0.6) is 0 Å². The standard InChI is InChI=1S/C14H14IN/c1-10-6-5-9-12(13(10)15)14(16)11-7-3-2-4-8-11/h2-9,14H,16H2,1H3. The summed E-state index contributed by atoms with van der Waals surface area (Å²) in [6.45, 7) is 2.11. The van der Waals surface area contributed by atoms with Gasteiger partial charge in [0.25, 0.3) is 0 Å². The van der Waals surface area contributed by atoms with Gasteiger partial charge in [0.2, 0.25) is 0 Å². The van der Waals surface area contributed by atoms with Crippen molar-refractivity contribution in [2.45, 2.75) is 13.0 Å². The predicted molar refractivity (Wildman–Crippen MR) is 76.4 cm³/mol. The van der Waals surface area contributed by atoms with Gasteiger partial charge in [-0.05, 0) is 46.2 Å². The summed E-state index contributed by atoms with van der Waals surface area (Å²) in [7, 11) is 0. The lowest BCUT2D eigenvalue weighted by molar-refractivity contribution is 0.863. The number of hydrogen-bond acceptors (Lipinski definition) is 1. The Kier molecular flexibility index (Phi) is 3.61. The molecule has 0 radical (unpaired) electrons. The molecule has 0 heterocycles. The molecule has 0 aliphatic rings. The third-order valence-electron chi connectivity index (χ3n) is 2.72. The molecule has 1 atom stereocenters. The lowest BCUT2D eigenvalue weighted by Crippen LogP contribution is -2.13. The molecule has 2 aromatic rings. The maximum atomic E-state index is 6.28. The molecule has 2 aromatic carbocycles. The van der Waals surface area contributed by atoms with Crippen LogP contribution in [0.4, 0.5) is 0 Å². The minimum absolute atomic E-state index is 0.0343. The summed E-state index contributed by atoms with van der Waals surface area (Å²) in [6, 6.07) is 16.5. The third-order valence-corrected chi connectivity index (χ3v) is 4.19. The van der Waals surface area contributed by atoms with Crippen molar-refractivity contribution in [3.63, 3.8) is 0 Å². The van der Waals surface area contributed by atoms with Gasteiger partial charge in [-0.3, -0.25) is 0 Å². The van der Waals surface area contributed by atoms with Crippen molar-refractivity contribution in [1.29, 1.82) is 0 Å². The number of nitrogens with two attached hydrogens (primary N) is 1. The van der Waals surface area contributed by atoms with Crippen LogP contribution in [0, 0.1) is 10.5 Å². The number of hydrogen-bond donors (Lipinski definition) is 1. The second-order valence-corrected chi connectivity index (χ2v) is 4.95. The maximum Gasteiger partial charge on any atom is 0.0562 e. The van der Waals surface area contributed by atoms with Crippen molar-refractivity contribution < 1.29 is 0 Å². The van der Waals surface area contributed by atoms with Crippen LogP contribution in [0.25, 0.3) is 0 Å². The van der Waals surface area contributed by atoms with Crippen LogP contribution in [-0.4, -0.2) is 0 Å². The highest BCUT2D eigenvalue weighted by Crippen LogP contribution is 2.25. The van der Waals surface area contributed by atoms with Crippen LogP contribution >= 0.6 is 22.6 Å². The highest BCUT2D eigenvalue weighted by molar-refractivity contribution is 14.1. The van der Waals surface area contributed by atoms with Gasteiger partial charge in [0, 0.05) is 3.57 Å². The molecule has 1 unspecified atom stereocenters. The normalized spacial score (nSPS) is 12.4. The largest absolute Gasteiger partial charge is 0.320 e. The van der Waals surface area contributed by atoms with E-state index in [0.717, 1.165) is 5.56 Å². The minimum Gasteiger partial charge on any atom is -0.320 e. The molecule has 1 nitrogen and oxygen atoms in total. The first-order chi connectivity index (χ1) is 7.70. The highest BCUT2D eigenvalue weighted by atomic mass is 127. The second-order valence-electron chi connectivity index (χ2n) is 3.87. The molecule has 16 heavy (non-hydrogen) atoms. The monoisotopic (exact) mass is 323 g/mol. The van der Waals surface area contributed by atoms with E-state index < -0.39 is 0 Å². The number of rotatable bonds is 2. The minimum atomic E-state index is -0.0343. The zero-order valence-electron chi connectivity index (χ0n) is 9.15. The zero-order valence-corrected chi connectivity index (χ0v) is 11.3. The van der Waals surface area contributed by atoms with E-state index in [1.807, 2.05) is 18.2 Å². The van der Waals surface area contributed by atoms with Crippen LogP contribution in [0.15, 0.2) is 48.5 Å². The molecule has 0 bridgehead atoms. The fraction of sp³-hybridized carbons (Fsp3) is 0.143. The Balaban J connectivity index is 2.42. The summed E-state index contributed by atoms with van der Waals surface area (Å²) in [5.74, 6) is 0. The first-order valence-corrected chi connectivity index (χ1v) is 6.33. The van der Waals surface area contributed by atoms with E-state index in [-0.39, 0.29) is 6.04 Å². The Hall–Kier alpha value is -0.870. The van der Waals surface area contributed by atoms with E-state index in [4.69, 9.17) is 5.73 Å². The Morgan fingerprint density at radius 3 is 2.38 bits per heavy atom. The van der Waals surface area contributed by atoms with E-state index in [0.29, 0.717) is 0 Å². The Bertz CT molecular complexity index is 479. The molecule has 0 aliphatic heterocycles. The Morgan fingerprint density at radius 2 is 1.69 bits per heavy atom. The molecule has 0 saturated carbocycles. The van der Waals surface area contributed by atoms with Gasteiger partial charge in [0.15, 0.2) is 0 Å². The van der Waals surface area contributed by atoms with E-state index in [1.54, 1.807) is 0 Å². The molecule has 0 aliphatic carbocycles. The van der Waals surface area contributed by atoms with Crippen molar-refractivity contribution in [3.8, 4) is 0 Å². The lowest BCUT2D eigenvalue weighted by Gasteiger charge is -2.15. The molecular formula is C14H14IN. The Labute approximate surface area is 110 Å². The number of benzene rings is 2. The van der Waals surface area contributed by atoms with Crippen molar-refractivity contribution in [1.82, 2.24) is 0 Å². The summed E-state index contributed by atoms with van der Waals surface area (Å²) in [4.78, 5) is 0. The highest BCUT2D eigenvalue weighted by Gasteiger charge is 2.12. The van der Waals surface area contributed by atoms with E-state index in [9.17, 15) is 0 Å². The molecule has 0 aromatic heterocycles. The summed E-state index contributed by atoms with van der Waals surface area (Å²) < 4.78 is 1.26. The molecule has 2 heteroatoms. The van der Waals surface area contributed by atoms with Crippen molar-refractivity contribution in [2.24, 2.45) is 5.73 Å². The van der Waals surface area contributed by atoms with Gasteiger partial charge in [-0.2, -0.15) is 0 Å². The molecule has 82 valence electrons. The lowest BCUT2D eigenvalue weighted by atomic mass is 9.98. The van der Waals surface area contributed by atoms with Gasteiger partial charge >= 0.3 is 0 Å².